The van der Waals surface area contributed by atoms with Crippen LogP contribution in [0.3, 0.4) is 0 Å². The predicted molar refractivity (Wildman–Crippen MR) is 74.7 cm³/mol. The van der Waals surface area contributed by atoms with Crippen molar-refractivity contribution in [3.05, 3.63) is 71.8 Å². The number of hydrogen-bond acceptors (Lipinski definition) is 2. The molecule has 21 heavy (non-hydrogen) atoms. The third kappa shape index (κ3) is 2.91. The van der Waals surface area contributed by atoms with E-state index in [4.69, 9.17) is 4.74 Å². The lowest BCUT2D eigenvalue weighted by Gasteiger charge is -2.03. The Hall–Kier alpha value is -2.69. The first-order chi connectivity index (χ1) is 10.2. The highest BCUT2D eigenvalue weighted by atomic mass is 19.1. The molecule has 0 aliphatic carbocycles. The van der Waals surface area contributed by atoms with Crippen LogP contribution in [0.4, 0.5) is 8.78 Å². The Morgan fingerprint density at radius 1 is 0.952 bits per heavy atom. The Balaban J connectivity index is 1.74. The van der Waals surface area contributed by atoms with E-state index >= 15 is 0 Å². The van der Waals surface area contributed by atoms with Gasteiger partial charge in [0.25, 0.3) is 0 Å². The second-order valence-corrected chi connectivity index (χ2v) is 4.48. The highest BCUT2D eigenvalue weighted by Gasteiger charge is 2.09. The Kier molecular flexibility index (Phi) is 3.64. The number of rotatable bonds is 4. The smallest absolute Gasteiger partial charge is 0.233 e. The largest absolute Gasteiger partial charge is 0.472 e. The number of hydrogen-bond donors (Lipinski definition) is 1. The van der Waals surface area contributed by atoms with E-state index < -0.39 is 0 Å². The molecule has 5 heteroatoms. The van der Waals surface area contributed by atoms with Gasteiger partial charge in [0.15, 0.2) is 0 Å². The molecule has 0 aliphatic rings. The van der Waals surface area contributed by atoms with Crippen LogP contribution in [0.2, 0.25) is 0 Å². The molecule has 0 saturated carbocycles. The summed E-state index contributed by atoms with van der Waals surface area (Å²) in [6, 6.07) is 14.3. The van der Waals surface area contributed by atoms with Crippen LogP contribution in [-0.2, 0) is 6.61 Å². The third-order valence-corrected chi connectivity index (χ3v) is 3.05. The monoisotopic (exact) mass is 286 g/mol. The average molecular weight is 286 g/mol. The molecule has 106 valence electrons. The van der Waals surface area contributed by atoms with Crippen LogP contribution < -0.4 is 4.74 Å². The van der Waals surface area contributed by atoms with Gasteiger partial charge in [0.2, 0.25) is 5.88 Å². The minimum Gasteiger partial charge on any atom is -0.472 e. The maximum atomic E-state index is 13.7. The lowest BCUT2D eigenvalue weighted by atomic mass is 10.1. The molecule has 0 unspecified atom stereocenters. The molecule has 0 fully saturated rings. The fourth-order valence-electron chi connectivity index (χ4n) is 1.96. The number of nitrogens with zero attached hydrogens (tertiary/aromatic N) is 1. The van der Waals surface area contributed by atoms with Crippen molar-refractivity contribution < 1.29 is 13.5 Å². The molecule has 3 rings (SSSR count). The van der Waals surface area contributed by atoms with Crippen molar-refractivity contribution in [1.82, 2.24) is 10.2 Å². The van der Waals surface area contributed by atoms with Crippen LogP contribution in [0.1, 0.15) is 5.56 Å². The van der Waals surface area contributed by atoms with Gasteiger partial charge in [-0.3, -0.25) is 5.10 Å². The SMILES string of the molecule is Fc1ccccc1COc1cc(-c2ccccc2F)[nH]n1. The summed E-state index contributed by atoms with van der Waals surface area (Å²) in [6.45, 7) is 0.0637. The fourth-order valence-corrected chi connectivity index (χ4v) is 1.96. The fraction of sp³-hybridized carbons (Fsp3) is 0.0625. The van der Waals surface area contributed by atoms with Gasteiger partial charge in [-0.05, 0) is 18.2 Å². The number of aromatic amines is 1. The number of benzene rings is 2. The van der Waals surface area contributed by atoms with Crippen molar-refractivity contribution >= 4 is 0 Å². The van der Waals surface area contributed by atoms with Crippen molar-refractivity contribution in [2.75, 3.05) is 0 Å². The summed E-state index contributed by atoms with van der Waals surface area (Å²) in [5.41, 5.74) is 1.36. The van der Waals surface area contributed by atoms with Crippen molar-refractivity contribution in [3.8, 4) is 17.1 Å². The molecule has 1 aromatic heterocycles. The molecular formula is C16H12F2N2O. The van der Waals surface area contributed by atoms with Gasteiger partial charge in [0, 0.05) is 17.2 Å². The van der Waals surface area contributed by atoms with Crippen molar-refractivity contribution in [1.29, 1.82) is 0 Å². The molecule has 0 amide bonds. The lowest BCUT2D eigenvalue weighted by Crippen LogP contribution is -1.98. The third-order valence-electron chi connectivity index (χ3n) is 3.05. The molecule has 1 N–H and O–H groups in total. The number of aromatic nitrogens is 2. The Morgan fingerprint density at radius 2 is 1.67 bits per heavy atom. The van der Waals surface area contributed by atoms with E-state index in [1.165, 1.54) is 12.1 Å². The first-order valence-corrected chi connectivity index (χ1v) is 6.40. The maximum Gasteiger partial charge on any atom is 0.233 e. The normalized spacial score (nSPS) is 10.6. The van der Waals surface area contributed by atoms with Gasteiger partial charge in [0.05, 0.1) is 5.69 Å². The Labute approximate surface area is 120 Å². The topological polar surface area (TPSA) is 37.9 Å². The molecule has 0 aliphatic heterocycles. The standard InChI is InChI=1S/C16H12F2N2O/c17-13-7-3-1-5-11(13)10-21-16-9-15(19-20-16)12-6-2-4-8-14(12)18/h1-9H,10H2,(H,19,20). The van der Waals surface area contributed by atoms with E-state index in [0.29, 0.717) is 16.8 Å². The van der Waals surface area contributed by atoms with Crippen molar-refractivity contribution in [2.24, 2.45) is 0 Å². The van der Waals surface area contributed by atoms with Gasteiger partial charge in [-0.15, -0.1) is 5.10 Å². The first-order valence-electron chi connectivity index (χ1n) is 6.40. The van der Waals surface area contributed by atoms with E-state index in [9.17, 15) is 8.78 Å². The molecule has 3 aromatic rings. The second kappa shape index (κ2) is 5.75. The van der Waals surface area contributed by atoms with Crippen LogP contribution >= 0.6 is 0 Å². The molecule has 1 heterocycles. The number of H-pyrrole nitrogens is 1. The summed E-state index contributed by atoms with van der Waals surface area (Å²) < 4.78 is 32.5. The summed E-state index contributed by atoms with van der Waals surface area (Å²) in [5.74, 6) is -0.388. The highest BCUT2D eigenvalue weighted by molar-refractivity contribution is 5.60. The Bertz CT molecular complexity index is 755. The second-order valence-electron chi connectivity index (χ2n) is 4.48. The number of halogens is 2. The summed E-state index contributed by atoms with van der Waals surface area (Å²) in [4.78, 5) is 0. The zero-order valence-electron chi connectivity index (χ0n) is 11.0. The number of nitrogens with one attached hydrogen (secondary N) is 1. The van der Waals surface area contributed by atoms with Crippen LogP contribution in [0.5, 0.6) is 5.88 Å². The number of ether oxygens (including phenoxy) is 1. The van der Waals surface area contributed by atoms with Gasteiger partial charge < -0.3 is 4.74 Å². The quantitative estimate of drug-likeness (QED) is 0.789. The van der Waals surface area contributed by atoms with Crippen LogP contribution in [-0.4, -0.2) is 10.2 Å². The van der Waals surface area contributed by atoms with Gasteiger partial charge >= 0.3 is 0 Å². The van der Waals surface area contributed by atoms with Gasteiger partial charge in [-0.2, -0.15) is 0 Å². The molecule has 0 spiro atoms. The lowest BCUT2D eigenvalue weighted by molar-refractivity contribution is 0.287. The first kappa shape index (κ1) is 13.3. The molecule has 3 nitrogen and oxygen atoms in total. The van der Waals surface area contributed by atoms with Gasteiger partial charge in [-0.1, -0.05) is 30.3 Å². The summed E-state index contributed by atoms with van der Waals surface area (Å²) in [7, 11) is 0. The van der Waals surface area contributed by atoms with Crippen LogP contribution in [0, 0.1) is 11.6 Å². The van der Waals surface area contributed by atoms with E-state index in [0.717, 1.165) is 0 Å². The summed E-state index contributed by atoms with van der Waals surface area (Å²) >= 11 is 0. The van der Waals surface area contributed by atoms with Crippen molar-refractivity contribution in [3.63, 3.8) is 0 Å². The average Bonchev–Trinajstić information content (AvgIpc) is 2.96. The highest BCUT2D eigenvalue weighted by Crippen LogP contribution is 2.23. The van der Waals surface area contributed by atoms with Gasteiger partial charge in [-0.25, -0.2) is 8.78 Å². The summed E-state index contributed by atoms with van der Waals surface area (Å²) in [6.07, 6.45) is 0. The van der Waals surface area contributed by atoms with E-state index in [1.54, 1.807) is 42.5 Å². The minimum absolute atomic E-state index is 0.0637. The van der Waals surface area contributed by atoms with Crippen LogP contribution in [0.15, 0.2) is 54.6 Å². The predicted octanol–water partition coefficient (Wildman–Crippen LogP) is 3.93. The van der Waals surface area contributed by atoms with E-state index in [1.807, 2.05) is 0 Å². The molecule has 0 bridgehead atoms. The van der Waals surface area contributed by atoms with Gasteiger partial charge in [0.1, 0.15) is 18.2 Å². The molecular weight excluding hydrogens is 274 g/mol. The zero-order chi connectivity index (χ0) is 14.7. The molecule has 0 atom stereocenters. The maximum absolute atomic E-state index is 13.7. The molecule has 2 aromatic carbocycles. The van der Waals surface area contributed by atoms with E-state index in [-0.39, 0.29) is 24.1 Å². The molecule has 0 radical (unpaired) electrons. The Morgan fingerprint density at radius 3 is 2.43 bits per heavy atom. The van der Waals surface area contributed by atoms with Crippen molar-refractivity contribution in [2.45, 2.75) is 6.61 Å². The molecule has 0 saturated heterocycles. The zero-order valence-corrected chi connectivity index (χ0v) is 11.0. The van der Waals surface area contributed by atoms with E-state index in [2.05, 4.69) is 10.2 Å². The van der Waals surface area contributed by atoms with Crippen LogP contribution in [0.25, 0.3) is 11.3 Å². The summed E-state index contributed by atoms with van der Waals surface area (Å²) in [5, 5.41) is 6.65. The minimum atomic E-state index is -0.346.